The number of primary amides is 1. The van der Waals surface area contributed by atoms with Crippen LogP contribution < -0.4 is 20.1 Å². The maximum atomic E-state index is 13.0. The molecule has 0 aromatic heterocycles. The SMILES string of the molecule is CCN(C(N)=O)c1ccc(NS(=O)(=O)c2ccc(C)cc2)c(NS(=O)(=O)c2ccc(C)cc2)c1. The monoisotopic (exact) mass is 502 g/mol. The standard InChI is InChI=1S/C23H26N4O5S2/c1-4-27(23(24)28)18-9-14-21(25-33(29,30)19-10-5-16(2)6-11-19)22(15-18)26-34(31,32)20-12-7-17(3)8-13-20/h5-15,25-26H,4H2,1-3H3,(H2,24,28). The molecule has 0 fully saturated rings. The van der Waals surface area contributed by atoms with Gasteiger partial charge in [0, 0.05) is 12.2 Å². The Morgan fingerprint density at radius 3 is 1.62 bits per heavy atom. The van der Waals surface area contributed by atoms with Crippen LogP contribution >= 0.6 is 0 Å². The second-order valence-electron chi connectivity index (χ2n) is 7.65. The molecule has 3 aromatic carbocycles. The molecule has 0 saturated heterocycles. The maximum Gasteiger partial charge on any atom is 0.319 e. The van der Waals surface area contributed by atoms with Gasteiger partial charge in [-0.3, -0.25) is 14.3 Å². The molecule has 11 heteroatoms. The number of rotatable bonds is 8. The Balaban J connectivity index is 2.07. The second kappa shape index (κ2) is 9.74. The van der Waals surface area contributed by atoms with Gasteiger partial charge in [-0.15, -0.1) is 0 Å². The molecular formula is C23H26N4O5S2. The number of nitrogens with one attached hydrogen (secondary N) is 2. The normalized spacial score (nSPS) is 11.6. The van der Waals surface area contributed by atoms with Gasteiger partial charge in [0.1, 0.15) is 0 Å². The lowest BCUT2D eigenvalue weighted by Crippen LogP contribution is -2.35. The zero-order chi connectivity index (χ0) is 25.1. The third-order valence-electron chi connectivity index (χ3n) is 5.05. The van der Waals surface area contributed by atoms with Crippen molar-refractivity contribution in [2.24, 2.45) is 5.73 Å². The summed E-state index contributed by atoms with van der Waals surface area (Å²) >= 11 is 0. The van der Waals surface area contributed by atoms with Crippen LogP contribution in [0.25, 0.3) is 0 Å². The Hall–Kier alpha value is -3.57. The van der Waals surface area contributed by atoms with Crippen LogP contribution in [0.15, 0.2) is 76.5 Å². The molecule has 0 unspecified atom stereocenters. The molecule has 0 bridgehead atoms. The van der Waals surface area contributed by atoms with Crippen LogP contribution in [0.3, 0.4) is 0 Å². The predicted molar refractivity (Wildman–Crippen MR) is 133 cm³/mol. The fraction of sp³-hybridized carbons (Fsp3) is 0.174. The Morgan fingerprint density at radius 1 is 0.765 bits per heavy atom. The third-order valence-corrected chi connectivity index (χ3v) is 7.81. The Morgan fingerprint density at radius 2 is 1.21 bits per heavy atom. The van der Waals surface area contributed by atoms with Gasteiger partial charge in [-0.1, -0.05) is 35.4 Å². The number of hydrogen-bond donors (Lipinski definition) is 3. The number of amides is 2. The molecular weight excluding hydrogens is 476 g/mol. The molecule has 4 N–H and O–H groups in total. The zero-order valence-corrected chi connectivity index (χ0v) is 20.6. The van der Waals surface area contributed by atoms with E-state index in [0.29, 0.717) is 5.69 Å². The molecule has 0 saturated carbocycles. The number of anilines is 3. The minimum absolute atomic E-state index is 0.00177. The molecule has 3 rings (SSSR count). The summed E-state index contributed by atoms with van der Waals surface area (Å²) in [5.41, 5.74) is 7.42. The van der Waals surface area contributed by atoms with Crippen molar-refractivity contribution in [2.45, 2.75) is 30.6 Å². The number of aryl methyl sites for hydroxylation is 2. The molecule has 34 heavy (non-hydrogen) atoms. The minimum Gasteiger partial charge on any atom is -0.351 e. The average Bonchev–Trinajstić information content (AvgIpc) is 2.76. The minimum atomic E-state index is -4.07. The molecule has 0 radical (unpaired) electrons. The molecule has 0 aliphatic heterocycles. The van der Waals surface area contributed by atoms with Crippen LogP contribution in [-0.4, -0.2) is 29.4 Å². The van der Waals surface area contributed by atoms with Gasteiger partial charge < -0.3 is 5.73 Å². The van der Waals surface area contributed by atoms with E-state index in [-0.39, 0.29) is 27.7 Å². The fourth-order valence-electron chi connectivity index (χ4n) is 3.18. The van der Waals surface area contributed by atoms with Crippen LogP contribution in [0.1, 0.15) is 18.1 Å². The first-order chi connectivity index (χ1) is 15.9. The van der Waals surface area contributed by atoms with Gasteiger partial charge in [-0.2, -0.15) is 0 Å². The van der Waals surface area contributed by atoms with E-state index in [4.69, 9.17) is 5.73 Å². The number of nitrogens with zero attached hydrogens (tertiary/aromatic N) is 1. The van der Waals surface area contributed by atoms with Crippen molar-refractivity contribution in [3.8, 4) is 0 Å². The van der Waals surface area contributed by atoms with E-state index in [0.717, 1.165) is 11.1 Å². The van der Waals surface area contributed by atoms with Crippen molar-refractivity contribution in [1.82, 2.24) is 0 Å². The smallest absolute Gasteiger partial charge is 0.319 e. The highest BCUT2D eigenvalue weighted by Gasteiger charge is 2.22. The molecule has 0 spiro atoms. The molecule has 0 aliphatic carbocycles. The highest BCUT2D eigenvalue weighted by atomic mass is 32.2. The highest BCUT2D eigenvalue weighted by Crippen LogP contribution is 2.32. The Labute approximate surface area is 199 Å². The summed E-state index contributed by atoms with van der Waals surface area (Å²) in [4.78, 5) is 13.0. The lowest BCUT2D eigenvalue weighted by atomic mass is 10.2. The molecule has 0 aliphatic rings. The van der Waals surface area contributed by atoms with E-state index >= 15 is 0 Å². The van der Waals surface area contributed by atoms with E-state index in [1.54, 1.807) is 31.2 Å². The molecule has 2 amide bonds. The summed E-state index contributed by atoms with van der Waals surface area (Å²) in [6, 6.07) is 15.9. The van der Waals surface area contributed by atoms with E-state index in [1.165, 1.54) is 47.4 Å². The number of carbonyl (C=O) groups is 1. The van der Waals surface area contributed by atoms with Crippen LogP contribution in [0.5, 0.6) is 0 Å². The highest BCUT2D eigenvalue weighted by molar-refractivity contribution is 7.93. The Kier molecular flexibility index (Phi) is 7.18. The average molecular weight is 503 g/mol. The molecule has 9 nitrogen and oxygen atoms in total. The summed E-state index contributed by atoms with van der Waals surface area (Å²) in [6.07, 6.45) is 0. The van der Waals surface area contributed by atoms with Gasteiger partial charge in [0.05, 0.1) is 21.2 Å². The number of nitrogens with two attached hydrogens (primary N) is 1. The van der Waals surface area contributed by atoms with Crippen molar-refractivity contribution in [2.75, 3.05) is 20.9 Å². The van der Waals surface area contributed by atoms with Crippen LogP contribution in [0, 0.1) is 13.8 Å². The number of sulfonamides is 2. The van der Waals surface area contributed by atoms with Gasteiger partial charge in [0.25, 0.3) is 20.0 Å². The van der Waals surface area contributed by atoms with Gasteiger partial charge in [-0.25, -0.2) is 21.6 Å². The molecule has 0 heterocycles. The number of urea groups is 1. The quantitative estimate of drug-likeness (QED) is 0.430. The van der Waals surface area contributed by atoms with Crippen molar-refractivity contribution in [3.05, 3.63) is 77.9 Å². The molecule has 3 aromatic rings. The zero-order valence-electron chi connectivity index (χ0n) is 18.9. The van der Waals surface area contributed by atoms with Crippen molar-refractivity contribution in [3.63, 3.8) is 0 Å². The second-order valence-corrected chi connectivity index (χ2v) is 11.0. The van der Waals surface area contributed by atoms with Crippen molar-refractivity contribution >= 4 is 43.1 Å². The van der Waals surface area contributed by atoms with Crippen molar-refractivity contribution < 1.29 is 21.6 Å². The predicted octanol–water partition coefficient (Wildman–Crippen LogP) is 3.81. The van der Waals surface area contributed by atoms with E-state index in [9.17, 15) is 21.6 Å². The van der Waals surface area contributed by atoms with E-state index in [2.05, 4.69) is 9.44 Å². The van der Waals surface area contributed by atoms with Crippen molar-refractivity contribution in [1.29, 1.82) is 0 Å². The van der Waals surface area contributed by atoms with Crippen LogP contribution in [-0.2, 0) is 20.0 Å². The number of carbonyl (C=O) groups excluding carboxylic acids is 1. The fourth-order valence-corrected chi connectivity index (χ4v) is 5.33. The van der Waals surface area contributed by atoms with E-state index in [1.807, 2.05) is 13.8 Å². The van der Waals surface area contributed by atoms with Crippen LogP contribution in [0.2, 0.25) is 0 Å². The lowest BCUT2D eigenvalue weighted by molar-refractivity contribution is 0.254. The summed E-state index contributed by atoms with van der Waals surface area (Å²) in [6.45, 7) is 5.59. The van der Waals surface area contributed by atoms with Crippen LogP contribution in [0.4, 0.5) is 21.9 Å². The summed E-state index contributed by atoms with van der Waals surface area (Å²) in [5, 5.41) is 0. The van der Waals surface area contributed by atoms with Gasteiger partial charge in [0.2, 0.25) is 0 Å². The maximum absolute atomic E-state index is 13.0. The Bertz CT molecular complexity index is 1400. The summed E-state index contributed by atoms with van der Waals surface area (Å²) in [5.74, 6) is 0. The van der Waals surface area contributed by atoms with E-state index < -0.39 is 26.1 Å². The summed E-state index contributed by atoms with van der Waals surface area (Å²) < 4.78 is 56.8. The van der Waals surface area contributed by atoms with Gasteiger partial charge in [0.15, 0.2) is 0 Å². The summed E-state index contributed by atoms with van der Waals surface area (Å²) in [7, 11) is -8.09. The first-order valence-electron chi connectivity index (χ1n) is 10.3. The third kappa shape index (κ3) is 5.67. The topological polar surface area (TPSA) is 139 Å². The van der Waals surface area contributed by atoms with Gasteiger partial charge >= 0.3 is 6.03 Å². The first kappa shape index (κ1) is 25.1. The lowest BCUT2D eigenvalue weighted by Gasteiger charge is -2.21. The largest absolute Gasteiger partial charge is 0.351 e. The van der Waals surface area contributed by atoms with Gasteiger partial charge in [-0.05, 0) is 63.2 Å². The molecule has 180 valence electrons. The number of benzene rings is 3. The first-order valence-corrected chi connectivity index (χ1v) is 13.3. The molecule has 0 atom stereocenters. The number of hydrogen-bond acceptors (Lipinski definition) is 5.